The third-order valence-electron chi connectivity index (χ3n) is 3.50. The Morgan fingerprint density at radius 3 is 2.62 bits per heavy atom. The topological polar surface area (TPSA) is 47.6 Å². The van der Waals surface area contributed by atoms with E-state index in [0.717, 1.165) is 23.1 Å². The molecule has 0 radical (unpaired) electrons. The first kappa shape index (κ1) is 18.5. The molecule has 1 amide bonds. The van der Waals surface area contributed by atoms with Crippen LogP contribution in [0.1, 0.15) is 22.3 Å². The van der Waals surface area contributed by atoms with Crippen LogP contribution in [0, 0.1) is 0 Å². The second-order valence-corrected chi connectivity index (χ2v) is 6.19. The van der Waals surface area contributed by atoms with Crippen molar-refractivity contribution in [1.82, 2.24) is 5.32 Å². The predicted octanol–water partition coefficient (Wildman–Crippen LogP) is 3.84. The highest BCUT2D eigenvalue weighted by Crippen LogP contribution is 2.26. The Bertz CT molecular complexity index is 646. The molecule has 4 nitrogen and oxygen atoms in total. The van der Waals surface area contributed by atoms with Crippen LogP contribution >= 0.6 is 15.9 Å². The van der Waals surface area contributed by atoms with E-state index in [2.05, 4.69) is 33.4 Å². The smallest absolute Gasteiger partial charge is 0.251 e. The highest BCUT2D eigenvalue weighted by atomic mass is 79.9. The number of rotatable bonds is 9. The second-order valence-electron chi connectivity index (χ2n) is 5.33. The minimum atomic E-state index is -0.0948. The van der Waals surface area contributed by atoms with Gasteiger partial charge >= 0.3 is 0 Å². The van der Waals surface area contributed by atoms with E-state index >= 15 is 0 Å². The van der Waals surface area contributed by atoms with Crippen LogP contribution in [0.3, 0.4) is 0 Å². The first-order valence-electron chi connectivity index (χ1n) is 7.94. The maximum absolute atomic E-state index is 12.1. The monoisotopic (exact) mass is 391 g/mol. The summed E-state index contributed by atoms with van der Waals surface area (Å²) in [5, 5.41) is 2.86. The molecule has 0 aliphatic heterocycles. The zero-order chi connectivity index (χ0) is 17.2. The molecular weight excluding hydrogens is 370 g/mol. The molecule has 2 aromatic carbocycles. The summed E-state index contributed by atoms with van der Waals surface area (Å²) in [5.41, 5.74) is 1.84. The lowest BCUT2D eigenvalue weighted by atomic mass is 10.2. The fourth-order valence-corrected chi connectivity index (χ4v) is 2.70. The molecule has 24 heavy (non-hydrogen) atoms. The molecule has 0 unspecified atom stereocenters. The average Bonchev–Trinajstić information content (AvgIpc) is 2.61. The third-order valence-corrected chi connectivity index (χ3v) is 4.12. The van der Waals surface area contributed by atoms with Crippen LogP contribution in [0.5, 0.6) is 5.75 Å². The lowest BCUT2D eigenvalue weighted by molar-refractivity contribution is 0.0948. The van der Waals surface area contributed by atoms with Crippen LogP contribution in [0.4, 0.5) is 0 Å². The predicted molar refractivity (Wildman–Crippen MR) is 98.6 cm³/mol. The van der Waals surface area contributed by atoms with Gasteiger partial charge in [0.05, 0.1) is 11.1 Å². The molecule has 2 rings (SSSR count). The van der Waals surface area contributed by atoms with Gasteiger partial charge in [0, 0.05) is 32.2 Å². The number of nitrogens with one attached hydrogen (secondary N) is 1. The summed E-state index contributed by atoms with van der Waals surface area (Å²) in [4.78, 5) is 12.1. The van der Waals surface area contributed by atoms with Gasteiger partial charge in [-0.25, -0.2) is 0 Å². The number of hydrogen-bond donors (Lipinski definition) is 1. The summed E-state index contributed by atoms with van der Waals surface area (Å²) in [6.45, 7) is 1.82. The van der Waals surface area contributed by atoms with Gasteiger partial charge in [0.25, 0.3) is 5.91 Å². The standard InChI is InChI=1S/C19H22BrNO3/c1-23-12-5-11-21-19(22)16-8-9-18(17(20)14-16)24-13-10-15-6-3-2-4-7-15/h2-4,6-9,14H,5,10-13H2,1H3,(H,21,22). The Morgan fingerprint density at radius 2 is 1.92 bits per heavy atom. The van der Waals surface area contributed by atoms with E-state index in [0.29, 0.717) is 25.3 Å². The van der Waals surface area contributed by atoms with E-state index in [4.69, 9.17) is 9.47 Å². The van der Waals surface area contributed by atoms with E-state index in [1.807, 2.05) is 24.3 Å². The second kappa shape index (κ2) is 10.1. The first-order chi connectivity index (χ1) is 11.7. The highest BCUT2D eigenvalue weighted by molar-refractivity contribution is 9.10. The van der Waals surface area contributed by atoms with Gasteiger partial charge in [0.1, 0.15) is 5.75 Å². The number of carbonyl (C=O) groups excluding carboxylic acids is 1. The lowest BCUT2D eigenvalue weighted by Gasteiger charge is -2.10. The number of amides is 1. The zero-order valence-electron chi connectivity index (χ0n) is 13.8. The maximum Gasteiger partial charge on any atom is 0.251 e. The number of halogens is 1. The largest absolute Gasteiger partial charge is 0.492 e. The molecule has 0 aliphatic rings. The van der Waals surface area contributed by atoms with Crippen LogP contribution in [-0.4, -0.2) is 32.8 Å². The lowest BCUT2D eigenvalue weighted by Crippen LogP contribution is -2.25. The van der Waals surface area contributed by atoms with Crippen molar-refractivity contribution in [1.29, 1.82) is 0 Å². The normalized spacial score (nSPS) is 10.4. The van der Waals surface area contributed by atoms with Crippen molar-refractivity contribution in [2.75, 3.05) is 26.9 Å². The molecule has 0 aliphatic carbocycles. The van der Waals surface area contributed by atoms with Crippen molar-refractivity contribution < 1.29 is 14.3 Å². The Morgan fingerprint density at radius 1 is 1.12 bits per heavy atom. The van der Waals surface area contributed by atoms with Crippen molar-refractivity contribution in [3.05, 3.63) is 64.1 Å². The minimum absolute atomic E-state index is 0.0948. The van der Waals surface area contributed by atoms with Gasteiger partial charge in [-0.2, -0.15) is 0 Å². The van der Waals surface area contributed by atoms with E-state index in [1.165, 1.54) is 5.56 Å². The Kier molecular flexibility index (Phi) is 7.79. The summed E-state index contributed by atoms with van der Waals surface area (Å²) >= 11 is 3.47. The number of methoxy groups -OCH3 is 1. The van der Waals surface area contributed by atoms with Crippen LogP contribution in [0.2, 0.25) is 0 Å². The number of carbonyl (C=O) groups is 1. The fraction of sp³-hybridized carbons (Fsp3) is 0.316. The molecule has 0 bridgehead atoms. The zero-order valence-corrected chi connectivity index (χ0v) is 15.3. The maximum atomic E-state index is 12.1. The van der Waals surface area contributed by atoms with Gasteiger partial charge in [-0.3, -0.25) is 4.79 Å². The molecule has 0 atom stereocenters. The Hall–Kier alpha value is -1.85. The van der Waals surface area contributed by atoms with Crippen LogP contribution in [0.15, 0.2) is 53.0 Å². The quantitative estimate of drug-likeness (QED) is 0.660. The van der Waals surface area contributed by atoms with Crippen molar-refractivity contribution in [3.8, 4) is 5.75 Å². The molecule has 0 aromatic heterocycles. The Balaban J connectivity index is 1.84. The minimum Gasteiger partial charge on any atom is -0.492 e. The summed E-state index contributed by atoms with van der Waals surface area (Å²) < 4.78 is 11.5. The van der Waals surface area contributed by atoms with Gasteiger partial charge in [-0.1, -0.05) is 30.3 Å². The molecule has 0 saturated heterocycles. The van der Waals surface area contributed by atoms with E-state index in [9.17, 15) is 4.79 Å². The van der Waals surface area contributed by atoms with Crippen LogP contribution < -0.4 is 10.1 Å². The third kappa shape index (κ3) is 5.98. The van der Waals surface area contributed by atoms with Crippen molar-refractivity contribution >= 4 is 21.8 Å². The number of hydrogen-bond acceptors (Lipinski definition) is 3. The summed E-state index contributed by atoms with van der Waals surface area (Å²) in [6, 6.07) is 15.6. The summed E-state index contributed by atoms with van der Waals surface area (Å²) in [7, 11) is 1.65. The molecule has 1 N–H and O–H groups in total. The molecule has 0 saturated carbocycles. The molecule has 5 heteroatoms. The van der Waals surface area contributed by atoms with E-state index < -0.39 is 0 Å². The van der Waals surface area contributed by atoms with E-state index in [-0.39, 0.29) is 5.91 Å². The Labute approximate surface area is 151 Å². The van der Waals surface area contributed by atoms with E-state index in [1.54, 1.807) is 19.2 Å². The molecule has 0 fully saturated rings. The van der Waals surface area contributed by atoms with Gasteiger partial charge in [-0.05, 0) is 46.1 Å². The molecule has 128 valence electrons. The fourth-order valence-electron chi connectivity index (χ4n) is 2.20. The van der Waals surface area contributed by atoms with Crippen molar-refractivity contribution in [3.63, 3.8) is 0 Å². The van der Waals surface area contributed by atoms with Gasteiger partial charge in [-0.15, -0.1) is 0 Å². The highest BCUT2D eigenvalue weighted by Gasteiger charge is 2.09. The molecule has 2 aromatic rings. The summed E-state index contributed by atoms with van der Waals surface area (Å²) in [6.07, 6.45) is 1.64. The number of ether oxygens (including phenoxy) is 2. The van der Waals surface area contributed by atoms with Crippen LogP contribution in [-0.2, 0) is 11.2 Å². The first-order valence-corrected chi connectivity index (χ1v) is 8.73. The van der Waals surface area contributed by atoms with Crippen molar-refractivity contribution in [2.24, 2.45) is 0 Å². The summed E-state index contributed by atoms with van der Waals surface area (Å²) in [5.74, 6) is 0.643. The average molecular weight is 392 g/mol. The van der Waals surface area contributed by atoms with Crippen LogP contribution in [0.25, 0.3) is 0 Å². The number of benzene rings is 2. The molecule has 0 spiro atoms. The van der Waals surface area contributed by atoms with Gasteiger partial charge in [0.2, 0.25) is 0 Å². The van der Waals surface area contributed by atoms with Gasteiger partial charge < -0.3 is 14.8 Å². The SMILES string of the molecule is COCCCNC(=O)c1ccc(OCCc2ccccc2)c(Br)c1. The van der Waals surface area contributed by atoms with Gasteiger partial charge in [0.15, 0.2) is 0 Å². The van der Waals surface area contributed by atoms with Crippen molar-refractivity contribution in [2.45, 2.75) is 12.8 Å². The molecule has 0 heterocycles. The molecular formula is C19H22BrNO3.